The van der Waals surface area contributed by atoms with Crippen molar-refractivity contribution in [2.24, 2.45) is 5.92 Å². The molecule has 4 rings (SSSR count). The van der Waals surface area contributed by atoms with Gasteiger partial charge in [0.15, 0.2) is 5.65 Å². The van der Waals surface area contributed by atoms with E-state index in [1.54, 1.807) is 23.9 Å². The predicted molar refractivity (Wildman–Crippen MR) is 97.7 cm³/mol. The van der Waals surface area contributed by atoms with Crippen molar-refractivity contribution in [1.82, 2.24) is 25.5 Å². The van der Waals surface area contributed by atoms with Gasteiger partial charge in [-0.3, -0.25) is 9.89 Å². The summed E-state index contributed by atoms with van der Waals surface area (Å²) in [5.41, 5.74) is 0.749. The largest absolute Gasteiger partial charge is 0.356 e. The number of rotatable bonds is 5. The smallest absolute Gasteiger partial charge is 0.223 e. The molecule has 1 aliphatic heterocycles. The van der Waals surface area contributed by atoms with Crippen molar-refractivity contribution in [3.8, 4) is 0 Å². The Kier molecular flexibility index (Phi) is 4.60. The van der Waals surface area contributed by atoms with Crippen molar-refractivity contribution in [3.63, 3.8) is 0 Å². The molecule has 7 nitrogen and oxygen atoms in total. The summed E-state index contributed by atoms with van der Waals surface area (Å²) in [6, 6.07) is 4.15. The van der Waals surface area contributed by atoms with Crippen LogP contribution in [0.25, 0.3) is 11.0 Å². The first-order chi connectivity index (χ1) is 12.3. The Bertz CT molecular complexity index is 838. The molecule has 1 aliphatic rings. The topological polar surface area (TPSA) is 86.8 Å². The number of nitrogens with zero attached hydrogens (tertiary/aromatic N) is 4. The minimum absolute atomic E-state index is 0.0845. The maximum Gasteiger partial charge on any atom is 0.223 e. The van der Waals surface area contributed by atoms with E-state index < -0.39 is 0 Å². The van der Waals surface area contributed by atoms with Gasteiger partial charge in [0.2, 0.25) is 5.91 Å². The molecule has 4 heterocycles. The highest BCUT2D eigenvalue weighted by atomic mass is 32.1. The lowest BCUT2D eigenvalue weighted by atomic mass is 9.95. The number of fused-ring (bicyclic) bond motifs is 1. The van der Waals surface area contributed by atoms with Gasteiger partial charge in [0.1, 0.15) is 12.1 Å². The van der Waals surface area contributed by atoms with Crippen LogP contribution in [0.1, 0.15) is 17.7 Å². The van der Waals surface area contributed by atoms with Crippen LogP contribution in [0.2, 0.25) is 0 Å². The van der Waals surface area contributed by atoms with Crippen LogP contribution in [0.5, 0.6) is 0 Å². The van der Waals surface area contributed by atoms with Crippen molar-refractivity contribution in [2.75, 3.05) is 24.5 Å². The van der Waals surface area contributed by atoms with Gasteiger partial charge in [-0.15, -0.1) is 11.3 Å². The second-order valence-electron chi connectivity index (χ2n) is 6.21. The number of carbonyl (C=O) groups excluding carboxylic acids is 1. The fourth-order valence-corrected chi connectivity index (χ4v) is 3.97. The lowest BCUT2D eigenvalue weighted by Gasteiger charge is -2.32. The number of hydrogen-bond donors (Lipinski definition) is 2. The van der Waals surface area contributed by atoms with Crippen molar-refractivity contribution in [2.45, 2.75) is 19.3 Å². The summed E-state index contributed by atoms with van der Waals surface area (Å²) in [4.78, 5) is 24.5. The summed E-state index contributed by atoms with van der Waals surface area (Å²) in [7, 11) is 0. The van der Waals surface area contributed by atoms with Gasteiger partial charge in [0.25, 0.3) is 0 Å². The molecule has 3 aromatic rings. The third-order valence-corrected chi connectivity index (χ3v) is 5.58. The first-order valence-electron chi connectivity index (χ1n) is 8.50. The molecular weight excluding hydrogens is 336 g/mol. The summed E-state index contributed by atoms with van der Waals surface area (Å²) < 4.78 is 0. The van der Waals surface area contributed by atoms with E-state index in [1.807, 2.05) is 6.07 Å². The zero-order valence-electron chi connectivity index (χ0n) is 13.8. The molecule has 1 fully saturated rings. The zero-order valence-corrected chi connectivity index (χ0v) is 14.6. The van der Waals surface area contributed by atoms with Gasteiger partial charge >= 0.3 is 0 Å². The second-order valence-corrected chi connectivity index (χ2v) is 7.24. The first-order valence-corrected chi connectivity index (χ1v) is 9.38. The molecule has 0 bridgehead atoms. The number of aromatic nitrogens is 4. The number of piperidine rings is 1. The molecule has 0 aromatic carbocycles. The van der Waals surface area contributed by atoms with Gasteiger partial charge in [-0.2, -0.15) is 5.10 Å². The molecule has 0 spiro atoms. The molecule has 25 heavy (non-hydrogen) atoms. The van der Waals surface area contributed by atoms with Gasteiger partial charge in [-0.05, 0) is 30.7 Å². The highest BCUT2D eigenvalue weighted by Gasteiger charge is 2.26. The molecule has 0 radical (unpaired) electrons. The number of amides is 1. The quantitative estimate of drug-likeness (QED) is 0.730. The monoisotopic (exact) mass is 356 g/mol. The number of hydrogen-bond acceptors (Lipinski definition) is 6. The highest BCUT2D eigenvalue weighted by Crippen LogP contribution is 2.26. The molecule has 0 aliphatic carbocycles. The van der Waals surface area contributed by atoms with Crippen LogP contribution < -0.4 is 10.2 Å². The first kappa shape index (κ1) is 16.0. The van der Waals surface area contributed by atoms with Gasteiger partial charge in [0.05, 0.1) is 11.6 Å². The SMILES string of the molecule is O=C(NCCc1cccs1)C1CCN(c2ncnc3[nH]ncc23)CC1. The van der Waals surface area contributed by atoms with Crippen molar-refractivity contribution in [1.29, 1.82) is 0 Å². The van der Waals surface area contributed by atoms with Crippen LogP contribution in [0.3, 0.4) is 0 Å². The number of nitrogens with one attached hydrogen (secondary N) is 2. The highest BCUT2D eigenvalue weighted by molar-refractivity contribution is 7.09. The van der Waals surface area contributed by atoms with Crippen molar-refractivity contribution >= 4 is 34.1 Å². The Balaban J connectivity index is 1.30. The Labute approximate surface area is 149 Å². The van der Waals surface area contributed by atoms with E-state index in [1.165, 1.54) is 4.88 Å². The van der Waals surface area contributed by atoms with Gasteiger partial charge in [-0.25, -0.2) is 9.97 Å². The molecular formula is C17H20N6OS. The minimum Gasteiger partial charge on any atom is -0.356 e. The number of aromatic amines is 1. The Morgan fingerprint density at radius 3 is 3.04 bits per heavy atom. The minimum atomic E-state index is 0.0845. The van der Waals surface area contributed by atoms with Gasteiger partial charge in [0, 0.05) is 30.4 Å². The Hall–Kier alpha value is -2.48. The summed E-state index contributed by atoms with van der Waals surface area (Å²) in [6.45, 7) is 2.35. The fraction of sp³-hybridized carbons (Fsp3) is 0.412. The average Bonchev–Trinajstić information content (AvgIpc) is 3.33. The molecule has 1 amide bonds. The molecule has 1 saturated heterocycles. The van der Waals surface area contributed by atoms with Crippen molar-refractivity contribution in [3.05, 3.63) is 34.9 Å². The summed E-state index contributed by atoms with van der Waals surface area (Å²) in [5.74, 6) is 1.16. The van der Waals surface area contributed by atoms with Gasteiger partial charge < -0.3 is 10.2 Å². The van der Waals surface area contributed by atoms with E-state index in [4.69, 9.17) is 0 Å². The Morgan fingerprint density at radius 2 is 2.24 bits per heavy atom. The lowest BCUT2D eigenvalue weighted by Crippen LogP contribution is -2.41. The number of carbonyl (C=O) groups is 1. The fourth-order valence-electron chi connectivity index (χ4n) is 3.27. The normalized spacial score (nSPS) is 15.6. The Morgan fingerprint density at radius 1 is 1.36 bits per heavy atom. The van der Waals surface area contributed by atoms with Gasteiger partial charge in [-0.1, -0.05) is 6.07 Å². The molecule has 8 heteroatoms. The number of anilines is 1. The van der Waals surface area contributed by atoms with Crippen LogP contribution in [0, 0.1) is 5.92 Å². The molecule has 3 aromatic heterocycles. The van der Waals surface area contributed by atoms with E-state index in [0.717, 1.165) is 49.2 Å². The zero-order chi connectivity index (χ0) is 17.1. The number of H-pyrrole nitrogens is 1. The average molecular weight is 356 g/mol. The maximum absolute atomic E-state index is 12.4. The number of thiophene rings is 1. The summed E-state index contributed by atoms with van der Waals surface area (Å²) in [5, 5.41) is 13.0. The summed E-state index contributed by atoms with van der Waals surface area (Å²) in [6.07, 6.45) is 5.90. The molecule has 0 unspecified atom stereocenters. The van der Waals surface area contributed by atoms with E-state index in [-0.39, 0.29) is 11.8 Å². The van der Waals surface area contributed by atoms with Crippen LogP contribution in [0.15, 0.2) is 30.0 Å². The standard InChI is InChI=1S/C17H20N6OS/c24-17(18-6-3-13-2-1-9-25-13)12-4-7-23(8-5-12)16-14-10-21-22-15(14)19-11-20-16/h1-2,9-12H,3-8H2,(H,18,24)(H,19,20,21,22). The summed E-state index contributed by atoms with van der Waals surface area (Å²) >= 11 is 1.73. The third-order valence-electron chi connectivity index (χ3n) is 4.64. The second kappa shape index (κ2) is 7.18. The maximum atomic E-state index is 12.4. The van der Waals surface area contributed by atoms with Crippen LogP contribution in [-0.2, 0) is 11.2 Å². The van der Waals surface area contributed by atoms with Crippen LogP contribution in [0.4, 0.5) is 5.82 Å². The molecule has 130 valence electrons. The van der Waals surface area contributed by atoms with Crippen LogP contribution >= 0.6 is 11.3 Å². The molecule has 0 saturated carbocycles. The van der Waals surface area contributed by atoms with E-state index in [2.05, 4.69) is 41.8 Å². The van der Waals surface area contributed by atoms with Crippen molar-refractivity contribution < 1.29 is 4.79 Å². The van der Waals surface area contributed by atoms with Crippen LogP contribution in [-0.4, -0.2) is 45.7 Å². The molecule has 2 N–H and O–H groups in total. The van der Waals surface area contributed by atoms with E-state index in [9.17, 15) is 4.79 Å². The predicted octanol–water partition coefficient (Wildman–Crippen LogP) is 1.99. The lowest BCUT2D eigenvalue weighted by molar-refractivity contribution is -0.125. The third kappa shape index (κ3) is 3.48. The van der Waals surface area contributed by atoms with E-state index in [0.29, 0.717) is 6.54 Å². The van der Waals surface area contributed by atoms with E-state index >= 15 is 0 Å². The molecule has 0 atom stereocenters.